The van der Waals surface area contributed by atoms with E-state index in [0.29, 0.717) is 5.69 Å². The predicted molar refractivity (Wildman–Crippen MR) is 50.0 cm³/mol. The molecule has 0 fully saturated rings. The van der Waals surface area contributed by atoms with Crippen LogP contribution in [0.25, 0.3) is 0 Å². The van der Waals surface area contributed by atoms with Crippen molar-refractivity contribution >= 4 is 21.6 Å². The molecule has 0 atom stereocenters. The van der Waals surface area contributed by atoms with E-state index >= 15 is 0 Å². The average Bonchev–Trinajstić information content (AvgIpc) is 2.13. The molecule has 0 radical (unpaired) electrons. The van der Waals surface area contributed by atoms with E-state index in [4.69, 9.17) is 0 Å². The van der Waals surface area contributed by atoms with Crippen LogP contribution >= 0.6 is 15.9 Å². The molecule has 0 aliphatic rings. The van der Waals surface area contributed by atoms with Gasteiger partial charge in [-0.1, -0.05) is 22.0 Å². The molecule has 0 unspecified atom stereocenters. The van der Waals surface area contributed by atoms with E-state index < -0.39 is 0 Å². The van der Waals surface area contributed by atoms with Crippen LogP contribution in [-0.2, 0) is 0 Å². The molecular weight excluding hydrogens is 206 g/mol. The van der Waals surface area contributed by atoms with Crippen LogP contribution in [-0.4, -0.2) is 7.05 Å². The van der Waals surface area contributed by atoms with Crippen molar-refractivity contribution < 1.29 is 0 Å². The first kappa shape index (κ1) is 8.27. The van der Waals surface area contributed by atoms with Crippen LogP contribution in [0.15, 0.2) is 33.5 Å². The molecule has 1 rings (SSSR count). The Labute approximate surface area is 73.4 Å². The highest BCUT2D eigenvalue weighted by molar-refractivity contribution is 9.10. The fourth-order valence-electron chi connectivity index (χ4n) is 0.770. The summed E-state index contributed by atoms with van der Waals surface area (Å²) in [5.74, 6) is 0. The standard InChI is InChI=1S/C8H8BrNO/c1-10-7-5-6(9)3-2-4-8(7)11/h2-5H,1H3,(H,10,11). The molecule has 11 heavy (non-hydrogen) atoms. The summed E-state index contributed by atoms with van der Waals surface area (Å²) >= 11 is 3.29. The molecule has 3 heteroatoms. The largest absolute Gasteiger partial charge is 0.385 e. The van der Waals surface area contributed by atoms with E-state index in [2.05, 4.69) is 21.2 Å². The molecule has 1 N–H and O–H groups in total. The Morgan fingerprint density at radius 2 is 2.18 bits per heavy atom. The summed E-state index contributed by atoms with van der Waals surface area (Å²) in [4.78, 5) is 11.1. The van der Waals surface area contributed by atoms with Gasteiger partial charge in [-0.25, -0.2) is 0 Å². The molecule has 0 bridgehead atoms. The van der Waals surface area contributed by atoms with Gasteiger partial charge in [-0.15, -0.1) is 0 Å². The summed E-state index contributed by atoms with van der Waals surface area (Å²) in [5, 5.41) is 2.81. The zero-order chi connectivity index (χ0) is 8.27. The average molecular weight is 214 g/mol. The molecule has 2 nitrogen and oxygen atoms in total. The number of rotatable bonds is 1. The first-order valence-corrected chi connectivity index (χ1v) is 4.01. The van der Waals surface area contributed by atoms with Crippen molar-refractivity contribution in [1.82, 2.24) is 0 Å². The first-order valence-electron chi connectivity index (χ1n) is 3.21. The fraction of sp³-hybridized carbons (Fsp3) is 0.125. The van der Waals surface area contributed by atoms with E-state index in [1.165, 1.54) is 6.07 Å². The molecule has 0 amide bonds. The minimum Gasteiger partial charge on any atom is -0.385 e. The Hall–Kier alpha value is -0.830. The fourth-order valence-corrected chi connectivity index (χ4v) is 1.15. The molecule has 0 aromatic heterocycles. The van der Waals surface area contributed by atoms with Gasteiger partial charge in [-0.3, -0.25) is 4.79 Å². The Kier molecular flexibility index (Phi) is 2.65. The topological polar surface area (TPSA) is 29.1 Å². The molecule has 0 aliphatic heterocycles. The van der Waals surface area contributed by atoms with E-state index in [1.54, 1.807) is 19.2 Å². The Bertz CT molecular complexity index is 311. The normalized spacial score (nSPS) is 9.27. The molecule has 1 aromatic carbocycles. The van der Waals surface area contributed by atoms with Crippen molar-refractivity contribution in [3.63, 3.8) is 0 Å². The Morgan fingerprint density at radius 3 is 2.82 bits per heavy atom. The van der Waals surface area contributed by atoms with Gasteiger partial charge in [-0.2, -0.15) is 0 Å². The molecule has 0 aliphatic carbocycles. The van der Waals surface area contributed by atoms with Crippen molar-refractivity contribution in [2.45, 2.75) is 0 Å². The van der Waals surface area contributed by atoms with E-state index in [-0.39, 0.29) is 5.43 Å². The molecule has 58 valence electrons. The van der Waals surface area contributed by atoms with Gasteiger partial charge in [0.15, 0.2) is 0 Å². The lowest BCUT2D eigenvalue weighted by Crippen LogP contribution is -2.02. The highest BCUT2D eigenvalue weighted by Crippen LogP contribution is 2.09. The van der Waals surface area contributed by atoms with E-state index in [9.17, 15) is 4.79 Å². The Balaban J connectivity index is 3.37. The lowest BCUT2D eigenvalue weighted by atomic mass is 10.4. The molecule has 0 saturated heterocycles. The van der Waals surface area contributed by atoms with Gasteiger partial charge in [0.2, 0.25) is 5.43 Å². The molecule has 0 spiro atoms. The second-order valence-electron chi connectivity index (χ2n) is 2.08. The summed E-state index contributed by atoms with van der Waals surface area (Å²) in [7, 11) is 1.73. The maximum atomic E-state index is 11.1. The minimum atomic E-state index is -0.00167. The first-order chi connectivity index (χ1) is 5.24. The van der Waals surface area contributed by atoms with Gasteiger partial charge in [0.25, 0.3) is 0 Å². The number of halogens is 1. The quantitative estimate of drug-likeness (QED) is 0.772. The molecular formula is C8H8BrNO. The van der Waals surface area contributed by atoms with Crippen LogP contribution < -0.4 is 10.7 Å². The van der Waals surface area contributed by atoms with Gasteiger partial charge >= 0.3 is 0 Å². The highest BCUT2D eigenvalue weighted by atomic mass is 79.9. The molecule has 1 aromatic rings. The van der Waals surface area contributed by atoms with Gasteiger partial charge in [0, 0.05) is 11.5 Å². The zero-order valence-corrected chi connectivity index (χ0v) is 7.68. The summed E-state index contributed by atoms with van der Waals surface area (Å²) in [6.45, 7) is 0. The van der Waals surface area contributed by atoms with Crippen LogP contribution in [0, 0.1) is 0 Å². The van der Waals surface area contributed by atoms with Gasteiger partial charge in [0.1, 0.15) is 0 Å². The third-order valence-electron chi connectivity index (χ3n) is 1.32. The zero-order valence-electron chi connectivity index (χ0n) is 6.10. The van der Waals surface area contributed by atoms with Crippen LogP contribution in [0.5, 0.6) is 0 Å². The SMILES string of the molecule is CNc1cc(Br)cccc1=O. The van der Waals surface area contributed by atoms with Gasteiger partial charge < -0.3 is 5.32 Å². The second kappa shape index (κ2) is 3.53. The van der Waals surface area contributed by atoms with Crippen molar-refractivity contribution in [3.8, 4) is 0 Å². The third kappa shape index (κ3) is 2.05. The van der Waals surface area contributed by atoms with E-state index in [1.807, 2.05) is 6.07 Å². The van der Waals surface area contributed by atoms with Crippen molar-refractivity contribution in [2.75, 3.05) is 12.4 Å². The maximum absolute atomic E-state index is 11.1. The third-order valence-corrected chi connectivity index (χ3v) is 1.81. The minimum absolute atomic E-state index is 0.00167. The van der Waals surface area contributed by atoms with E-state index in [0.717, 1.165) is 4.47 Å². The molecule has 0 heterocycles. The number of hydrogen-bond acceptors (Lipinski definition) is 2. The number of nitrogens with one attached hydrogen (secondary N) is 1. The van der Waals surface area contributed by atoms with Crippen molar-refractivity contribution in [2.24, 2.45) is 0 Å². The van der Waals surface area contributed by atoms with Crippen molar-refractivity contribution in [3.05, 3.63) is 39.0 Å². The van der Waals surface area contributed by atoms with Crippen LogP contribution in [0.2, 0.25) is 0 Å². The van der Waals surface area contributed by atoms with Crippen LogP contribution in [0.4, 0.5) is 5.69 Å². The van der Waals surface area contributed by atoms with Gasteiger partial charge in [-0.05, 0) is 18.2 Å². The monoisotopic (exact) mass is 213 g/mol. The second-order valence-corrected chi connectivity index (χ2v) is 3.00. The Morgan fingerprint density at radius 1 is 1.45 bits per heavy atom. The molecule has 0 saturated carbocycles. The predicted octanol–water partition coefficient (Wildman–Crippen LogP) is 1.85. The lowest BCUT2D eigenvalue weighted by molar-refractivity contribution is 1.49. The maximum Gasteiger partial charge on any atom is 0.201 e. The summed E-state index contributed by atoms with van der Waals surface area (Å²) < 4.78 is 0.893. The van der Waals surface area contributed by atoms with Crippen molar-refractivity contribution in [1.29, 1.82) is 0 Å². The number of hydrogen-bond donors (Lipinski definition) is 1. The lowest BCUT2D eigenvalue weighted by Gasteiger charge is -1.91. The summed E-state index contributed by atoms with van der Waals surface area (Å²) in [6.07, 6.45) is 0. The van der Waals surface area contributed by atoms with Crippen LogP contribution in [0.3, 0.4) is 0 Å². The van der Waals surface area contributed by atoms with Gasteiger partial charge in [0.05, 0.1) is 5.69 Å². The summed E-state index contributed by atoms with van der Waals surface area (Å²) in [5.41, 5.74) is 0.597. The smallest absolute Gasteiger partial charge is 0.201 e. The number of anilines is 1. The summed E-state index contributed by atoms with van der Waals surface area (Å²) in [6, 6.07) is 6.81. The highest BCUT2D eigenvalue weighted by Gasteiger charge is 1.92. The van der Waals surface area contributed by atoms with Crippen LogP contribution in [0.1, 0.15) is 0 Å².